The van der Waals surface area contributed by atoms with Crippen LogP contribution in [0.4, 0.5) is 5.95 Å². The molecule has 0 aliphatic heterocycles. The van der Waals surface area contributed by atoms with Gasteiger partial charge in [-0.1, -0.05) is 0 Å². The van der Waals surface area contributed by atoms with E-state index in [1.807, 2.05) is 0 Å². The number of nitrogens with zero attached hydrogens (tertiary/aromatic N) is 2. The number of aromatic nitrogens is 2. The Morgan fingerprint density at radius 3 is 2.78 bits per heavy atom. The highest BCUT2D eigenvalue weighted by Gasteiger charge is 2.19. The monoisotopic (exact) mass is 251 g/mol. The molecule has 0 bridgehead atoms. The van der Waals surface area contributed by atoms with Crippen LogP contribution in [0.1, 0.15) is 36.2 Å². The summed E-state index contributed by atoms with van der Waals surface area (Å²) in [4.78, 5) is 18.6. The van der Waals surface area contributed by atoms with Crippen molar-refractivity contribution in [2.24, 2.45) is 5.92 Å². The Labute approximate surface area is 105 Å². The standard InChI is InChI=1S/C12H17N3O3/c16-9-3-1-8(2-4-9)7-14-12-13-6-5-10(15-12)11(17)18/h5-6,8-9,16H,1-4,7H2,(H,17,18)(H,13,14,15). The molecule has 0 saturated heterocycles. The number of aliphatic hydroxyl groups excluding tert-OH is 1. The number of anilines is 1. The molecule has 6 nitrogen and oxygen atoms in total. The van der Waals surface area contributed by atoms with E-state index in [1.54, 1.807) is 0 Å². The molecule has 0 aromatic carbocycles. The van der Waals surface area contributed by atoms with Crippen molar-refractivity contribution >= 4 is 11.9 Å². The predicted molar refractivity (Wildman–Crippen MR) is 65.4 cm³/mol. The van der Waals surface area contributed by atoms with Crippen LogP contribution in [0.3, 0.4) is 0 Å². The van der Waals surface area contributed by atoms with Gasteiger partial charge in [0, 0.05) is 12.7 Å². The van der Waals surface area contributed by atoms with Crippen LogP contribution >= 0.6 is 0 Å². The van der Waals surface area contributed by atoms with Crippen LogP contribution in [0.25, 0.3) is 0 Å². The normalized spacial score (nSPS) is 23.6. The summed E-state index contributed by atoms with van der Waals surface area (Å²) in [5.74, 6) is -0.215. The molecular weight excluding hydrogens is 234 g/mol. The molecule has 1 fully saturated rings. The number of aromatic carboxylic acids is 1. The van der Waals surface area contributed by atoms with Gasteiger partial charge in [-0.05, 0) is 37.7 Å². The van der Waals surface area contributed by atoms with Crippen molar-refractivity contribution in [2.75, 3.05) is 11.9 Å². The van der Waals surface area contributed by atoms with Crippen LogP contribution in [0.15, 0.2) is 12.3 Å². The van der Waals surface area contributed by atoms with Crippen LogP contribution in [0.5, 0.6) is 0 Å². The lowest BCUT2D eigenvalue weighted by Crippen LogP contribution is -2.24. The van der Waals surface area contributed by atoms with Gasteiger partial charge in [0.05, 0.1) is 6.10 Å². The summed E-state index contributed by atoms with van der Waals surface area (Å²) in [6.07, 6.45) is 4.90. The summed E-state index contributed by atoms with van der Waals surface area (Å²) in [6, 6.07) is 1.37. The topological polar surface area (TPSA) is 95.3 Å². The first kappa shape index (κ1) is 12.8. The number of carboxylic acids is 1. The minimum Gasteiger partial charge on any atom is -0.477 e. The van der Waals surface area contributed by atoms with E-state index in [0.717, 1.165) is 32.2 Å². The van der Waals surface area contributed by atoms with Gasteiger partial charge in [0.15, 0.2) is 5.69 Å². The molecule has 0 spiro atoms. The molecule has 2 rings (SSSR count). The largest absolute Gasteiger partial charge is 0.477 e. The van der Waals surface area contributed by atoms with Gasteiger partial charge in [-0.3, -0.25) is 0 Å². The molecule has 1 aliphatic rings. The quantitative estimate of drug-likeness (QED) is 0.742. The zero-order chi connectivity index (χ0) is 13.0. The van der Waals surface area contributed by atoms with Crippen molar-refractivity contribution in [1.29, 1.82) is 0 Å². The number of rotatable bonds is 4. The third kappa shape index (κ3) is 3.40. The summed E-state index contributed by atoms with van der Waals surface area (Å²) in [5.41, 5.74) is -0.00781. The molecule has 1 saturated carbocycles. The van der Waals surface area contributed by atoms with Crippen molar-refractivity contribution in [3.8, 4) is 0 Å². The number of aliphatic hydroxyl groups is 1. The zero-order valence-corrected chi connectivity index (χ0v) is 10.0. The van der Waals surface area contributed by atoms with Gasteiger partial charge in [-0.25, -0.2) is 14.8 Å². The summed E-state index contributed by atoms with van der Waals surface area (Å²) in [5, 5.41) is 21.3. The highest BCUT2D eigenvalue weighted by atomic mass is 16.4. The summed E-state index contributed by atoms with van der Waals surface area (Å²) in [7, 11) is 0. The van der Waals surface area contributed by atoms with Gasteiger partial charge in [0.2, 0.25) is 5.95 Å². The number of hydrogen-bond donors (Lipinski definition) is 3. The highest BCUT2D eigenvalue weighted by molar-refractivity contribution is 5.85. The Balaban J connectivity index is 1.86. The van der Waals surface area contributed by atoms with Gasteiger partial charge < -0.3 is 15.5 Å². The predicted octanol–water partition coefficient (Wildman–Crippen LogP) is 1.14. The van der Waals surface area contributed by atoms with Crippen LogP contribution in [0.2, 0.25) is 0 Å². The second-order valence-corrected chi connectivity index (χ2v) is 4.63. The smallest absolute Gasteiger partial charge is 0.354 e. The van der Waals surface area contributed by atoms with Crippen molar-refractivity contribution < 1.29 is 15.0 Å². The maximum atomic E-state index is 10.7. The molecule has 0 radical (unpaired) electrons. The molecule has 1 heterocycles. The third-order valence-corrected chi connectivity index (χ3v) is 3.24. The minimum absolute atomic E-state index is 0.00781. The number of hydrogen-bond acceptors (Lipinski definition) is 5. The van der Waals surface area contributed by atoms with Gasteiger partial charge in [-0.2, -0.15) is 0 Å². The van der Waals surface area contributed by atoms with Crippen LogP contribution in [-0.4, -0.2) is 38.8 Å². The minimum atomic E-state index is -1.05. The molecule has 0 unspecified atom stereocenters. The lowest BCUT2D eigenvalue weighted by atomic mass is 9.87. The van der Waals surface area contributed by atoms with E-state index >= 15 is 0 Å². The van der Waals surface area contributed by atoms with Crippen LogP contribution in [-0.2, 0) is 0 Å². The van der Waals surface area contributed by atoms with E-state index < -0.39 is 5.97 Å². The second kappa shape index (κ2) is 5.77. The first-order valence-electron chi connectivity index (χ1n) is 6.13. The SMILES string of the molecule is O=C(O)c1ccnc(NCC2CCC(O)CC2)n1. The van der Waals surface area contributed by atoms with Crippen molar-refractivity contribution in [3.63, 3.8) is 0 Å². The first-order chi connectivity index (χ1) is 8.65. The third-order valence-electron chi connectivity index (χ3n) is 3.24. The summed E-state index contributed by atoms with van der Waals surface area (Å²) < 4.78 is 0. The van der Waals surface area contributed by atoms with Crippen LogP contribution < -0.4 is 5.32 Å². The van der Waals surface area contributed by atoms with Crippen molar-refractivity contribution in [2.45, 2.75) is 31.8 Å². The fraction of sp³-hybridized carbons (Fsp3) is 0.583. The summed E-state index contributed by atoms with van der Waals surface area (Å²) >= 11 is 0. The Kier molecular flexibility index (Phi) is 4.09. The molecular formula is C12H17N3O3. The second-order valence-electron chi connectivity index (χ2n) is 4.63. The first-order valence-corrected chi connectivity index (χ1v) is 6.13. The molecule has 98 valence electrons. The fourth-order valence-corrected chi connectivity index (χ4v) is 2.15. The van der Waals surface area contributed by atoms with Gasteiger partial charge in [-0.15, -0.1) is 0 Å². The molecule has 1 aromatic rings. The van der Waals surface area contributed by atoms with Gasteiger partial charge in [0.1, 0.15) is 0 Å². The maximum absolute atomic E-state index is 10.7. The van der Waals surface area contributed by atoms with Crippen molar-refractivity contribution in [3.05, 3.63) is 18.0 Å². The number of nitrogens with one attached hydrogen (secondary N) is 1. The Morgan fingerprint density at radius 2 is 2.11 bits per heavy atom. The van der Waals surface area contributed by atoms with Gasteiger partial charge >= 0.3 is 5.97 Å². The molecule has 0 atom stereocenters. The molecule has 0 amide bonds. The summed E-state index contributed by atoms with van der Waals surface area (Å²) in [6.45, 7) is 0.718. The van der Waals surface area contributed by atoms with E-state index in [0.29, 0.717) is 11.9 Å². The van der Waals surface area contributed by atoms with Crippen LogP contribution in [0, 0.1) is 5.92 Å². The Bertz CT molecular complexity index is 417. The lowest BCUT2D eigenvalue weighted by molar-refractivity contribution is 0.0690. The molecule has 18 heavy (non-hydrogen) atoms. The van der Waals surface area contributed by atoms with Crippen molar-refractivity contribution in [1.82, 2.24) is 9.97 Å². The fourth-order valence-electron chi connectivity index (χ4n) is 2.15. The van der Waals surface area contributed by atoms with E-state index in [-0.39, 0.29) is 11.8 Å². The average molecular weight is 251 g/mol. The number of carbonyl (C=O) groups is 1. The molecule has 1 aliphatic carbocycles. The Hall–Kier alpha value is -1.69. The highest BCUT2D eigenvalue weighted by Crippen LogP contribution is 2.24. The number of carboxylic acid groups (broad SMARTS) is 1. The van der Waals surface area contributed by atoms with E-state index in [9.17, 15) is 9.90 Å². The Morgan fingerprint density at radius 1 is 1.39 bits per heavy atom. The molecule has 1 aromatic heterocycles. The lowest BCUT2D eigenvalue weighted by Gasteiger charge is -2.25. The van der Waals surface area contributed by atoms with Gasteiger partial charge in [0.25, 0.3) is 0 Å². The maximum Gasteiger partial charge on any atom is 0.354 e. The molecule has 3 N–H and O–H groups in total. The van der Waals surface area contributed by atoms with E-state index in [1.165, 1.54) is 12.3 Å². The zero-order valence-electron chi connectivity index (χ0n) is 10.0. The average Bonchev–Trinajstić information content (AvgIpc) is 2.38. The van der Waals surface area contributed by atoms with E-state index in [4.69, 9.17) is 5.11 Å². The molecule has 6 heteroatoms. The van der Waals surface area contributed by atoms with E-state index in [2.05, 4.69) is 15.3 Å².